The molecule has 2 N–H and O–H groups in total. The Morgan fingerprint density at radius 1 is 0.744 bits per heavy atom. The Kier molecular flexibility index (Phi) is 8.64. The maximum Gasteiger partial charge on any atom is 0.317 e. The van der Waals surface area contributed by atoms with Gasteiger partial charge in [0, 0.05) is 56.7 Å². The van der Waals surface area contributed by atoms with Crippen LogP contribution >= 0.6 is 0 Å². The number of carbonyl (C=O) groups is 3. The van der Waals surface area contributed by atoms with Crippen LogP contribution in [0.5, 0.6) is 0 Å². The first-order valence-corrected chi connectivity index (χ1v) is 14.3. The Labute approximate surface area is 229 Å². The predicted octanol–water partition coefficient (Wildman–Crippen LogP) is 4.87. The molecule has 0 atom stereocenters. The smallest absolute Gasteiger partial charge is 0.317 e. The molecule has 0 spiro atoms. The molecule has 5 rings (SSSR count). The molecular formula is C30H38FN5O3. The molecule has 2 aromatic carbocycles. The van der Waals surface area contributed by atoms with Crippen molar-refractivity contribution in [3.63, 3.8) is 0 Å². The van der Waals surface area contributed by atoms with Gasteiger partial charge in [-0.1, -0.05) is 31.4 Å². The van der Waals surface area contributed by atoms with Crippen LogP contribution in [0.25, 0.3) is 0 Å². The second kappa shape index (κ2) is 12.5. The van der Waals surface area contributed by atoms with Gasteiger partial charge in [-0.2, -0.15) is 0 Å². The topological polar surface area (TPSA) is 85.0 Å². The van der Waals surface area contributed by atoms with Gasteiger partial charge >= 0.3 is 6.03 Å². The van der Waals surface area contributed by atoms with E-state index in [-0.39, 0.29) is 23.5 Å². The number of rotatable bonds is 5. The molecular weight excluding hydrogens is 497 g/mol. The summed E-state index contributed by atoms with van der Waals surface area (Å²) < 4.78 is 14.2. The standard InChI is InChI=1S/C30H38FN5O3/c31-26-12-6-5-11-24(26)28(37)32-23-13-14-27(25(21-23)29(38)35-15-7-2-8-16-35)34-17-19-36(20-18-34)30(39)33-22-9-3-1-4-10-22/h5-6,11-14,21-22H,1-4,7-10,15-20H2,(H,32,37)(H,33,39). The maximum absolute atomic E-state index is 14.2. The van der Waals surface area contributed by atoms with Crippen LogP contribution < -0.4 is 15.5 Å². The van der Waals surface area contributed by atoms with Crippen LogP contribution in [0.2, 0.25) is 0 Å². The number of piperazine rings is 1. The first kappa shape index (κ1) is 27.0. The summed E-state index contributed by atoms with van der Waals surface area (Å²) in [6, 6.07) is 11.4. The van der Waals surface area contributed by atoms with Gasteiger partial charge in [0.05, 0.1) is 11.1 Å². The van der Waals surface area contributed by atoms with E-state index in [1.807, 2.05) is 15.9 Å². The molecule has 4 amide bonds. The number of carbonyl (C=O) groups excluding carboxylic acids is 3. The zero-order valence-electron chi connectivity index (χ0n) is 22.5. The monoisotopic (exact) mass is 535 g/mol. The Morgan fingerprint density at radius 2 is 1.44 bits per heavy atom. The highest BCUT2D eigenvalue weighted by atomic mass is 19.1. The van der Waals surface area contributed by atoms with Crippen LogP contribution in [0.3, 0.4) is 0 Å². The summed E-state index contributed by atoms with van der Waals surface area (Å²) in [6.07, 6.45) is 8.74. The van der Waals surface area contributed by atoms with Crippen molar-refractivity contribution in [2.24, 2.45) is 0 Å². The number of nitrogens with zero attached hydrogens (tertiary/aromatic N) is 3. The Morgan fingerprint density at radius 3 is 2.15 bits per heavy atom. The summed E-state index contributed by atoms with van der Waals surface area (Å²) in [5.74, 6) is -1.22. The number of amides is 4. The number of nitrogens with one attached hydrogen (secondary N) is 2. The molecule has 2 saturated heterocycles. The first-order chi connectivity index (χ1) is 19.0. The van der Waals surface area contributed by atoms with Crippen molar-refractivity contribution in [1.82, 2.24) is 15.1 Å². The lowest BCUT2D eigenvalue weighted by atomic mass is 9.96. The number of benzene rings is 2. The lowest BCUT2D eigenvalue weighted by molar-refractivity contribution is 0.0724. The van der Waals surface area contributed by atoms with Crippen molar-refractivity contribution in [3.05, 3.63) is 59.4 Å². The summed E-state index contributed by atoms with van der Waals surface area (Å²) in [6.45, 7) is 3.78. The molecule has 0 unspecified atom stereocenters. The van der Waals surface area contributed by atoms with Crippen molar-refractivity contribution >= 4 is 29.2 Å². The Bertz CT molecular complexity index is 1180. The van der Waals surface area contributed by atoms with Crippen LogP contribution in [-0.4, -0.2) is 73.0 Å². The van der Waals surface area contributed by atoms with Crippen LogP contribution in [0.1, 0.15) is 72.1 Å². The molecule has 3 aliphatic rings. The van der Waals surface area contributed by atoms with Gasteiger partial charge in [-0.3, -0.25) is 9.59 Å². The summed E-state index contributed by atoms with van der Waals surface area (Å²) in [7, 11) is 0. The van der Waals surface area contributed by atoms with Crippen LogP contribution in [0, 0.1) is 5.82 Å². The number of piperidine rings is 1. The van der Waals surface area contributed by atoms with Crippen molar-refractivity contribution < 1.29 is 18.8 Å². The highest BCUT2D eigenvalue weighted by Crippen LogP contribution is 2.29. The number of likely N-dealkylation sites (tertiary alicyclic amines) is 1. The van der Waals surface area contributed by atoms with Gasteiger partial charge in [-0.25, -0.2) is 9.18 Å². The van der Waals surface area contributed by atoms with E-state index in [1.165, 1.54) is 37.5 Å². The minimum atomic E-state index is -0.596. The molecule has 8 nitrogen and oxygen atoms in total. The fraction of sp³-hybridized carbons (Fsp3) is 0.500. The van der Waals surface area contributed by atoms with Gasteiger partial charge in [0.2, 0.25) is 0 Å². The van der Waals surface area contributed by atoms with Crippen LogP contribution in [-0.2, 0) is 0 Å². The molecule has 1 aliphatic carbocycles. The molecule has 2 aromatic rings. The number of hydrogen-bond donors (Lipinski definition) is 2. The third-order valence-corrected chi connectivity index (χ3v) is 8.09. The predicted molar refractivity (Wildman–Crippen MR) is 150 cm³/mol. The van der Waals surface area contributed by atoms with E-state index in [0.717, 1.165) is 37.8 Å². The summed E-state index contributed by atoms with van der Waals surface area (Å²) in [5, 5.41) is 5.96. The van der Waals surface area contributed by atoms with E-state index in [9.17, 15) is 18.8 Å². The molecule has 3 fully saturated rings. The quantitative estimate of drug-likeness (QED) is 0.572. The van der Waals surface area contributed by atoms with Crippen LogP contribution in [0.15, 0.2) is 42.5 Å². The highest BCUT2D eigenvalue weighted by Gasteiger charge is 2.28. The lowest BCUT2D eigenvalue weighted by Gasteiger charge is -2.38. The van der Waals surface area contributed by atoms with Crippen molar-refractivity contribution in [2.75, 3.05) is 49.5 Å². The minimum Gasteiger partial charge on any atom is -0.367 e. The van der Waals surface area contributed by atoms with E-state index >= 15 is 0 Å². The van der Waals surface area contributed by atoms with E-state index in [4.69, 9.17) is 0 Å². The largest absolute Gasteiger partial charge is 0.367 e. The molecule has 9 heteroatoms. The van der Waals surface area contributed by atoms with E-state index in [2.05, 4.69) is 15.5 Å². The molecule has 39 heavy (non-hydrogen) atoms. The van der Waals surface area contributed by atoms with Crippen molar-refractivity contribution in [3.8, 4) is 0 Å². The summed E-state index contributed by atoms with van der Waals surface area (Å²) >= 11 is 0. The van der Waals surface area contributed by atoms with Gasteiger partial charge in [-0.15, -0.1) is 0 Å². The number of urea groups is 1. The Balaban J connectivity index is 1.31. The number of anilines is 2. The number of halogens is 1. The van der Waals surface area contributed by atoms with Gasteiger partial charge in [0.25, 0.3) is 11.8 Å². The van der Waals surface area contributed by atoms with Gasteiger partial charge in [0.15, 0.2) is 0 Å². The van der Waals surface area contributed by atoms with Crippen LogP contribution in [0.4, 0.5) is 20.6 Å². The normalized spacial score (nSPS) is 18.5. The molecule has 0 radical (unpaired) electrons. The zero-order valence-corrected chi connectivity index (χ0v) is 22.5. The van der Waals surface area contributed by atoms with Gasteiger partial charge in [0.1, 0.15) is 5.82 Å². The fourth-order valence-corrected chi connectivity index (χ4v) is 5.84. The minimum absolute atomic E-state index is 0.00243. The van der Waals surface area contributed by atoms with E-state index < -0.39 is 11.7 Å². The molecule has 0 aromatic heterocycles. The molecule has 0 bridgehead atoms. The van der Waals surface area contributed by atoms with E-state index in [0.29, 0.717) is 50.5 Å². The molecule has 1 saturated carbocycles. The molecule has 2 aliphatic heterocycles. The third-order valence-electron chi connectivity index (χ3n) is 8.09. The highest BCUT2D eigenvalue weighted by molar-refractivity contribution is 6.06. The SMILES string of the molecule is O=C(Nc1ccc(N2CCN(C(=O)NC3CCCCC3)CC2)c(C(=O)N2CCCCC2)c1)c1ccccc1F. The molecule has 208 valence electrons. The molecule has 2 heterocycles. The van der Waals surface area contributed by atoms with Gasteiger partial charge in [-0.05, 0) is 62.4 Å². The summed E-state index contributed by atoms with van der Waals surface area (Å²) in [4.78, 5) is 45.1. The third kappa shape index (κ3) is 6.52. The number of hydrogen-bond acceptors (Lipinski definition) is 4. The average molecular weight is 536 g/mol. The Hall–Kier alpha value is -3.62. The zero-order chi connectivity index (χ0) is 27.2. The van der Waals surface area contributed by atoms with Crippen molar-refractivity contribution in [2.45, 2.75) is 57.4 Å². The maximum atomic E-state index is 14.2. The fourth-order valence-electron chi connectivity index (χ4n) is 5.84. The summed E-state index contributed by atoms with van der Waals surface area (Å²) in [5.41, 5.74) is 1.70. The second-order valence-corrected chi connectivity index (χ2v) is 10.8. The first-order valence-electron chi connectivity index (χ1n) is 14.3. The average Bonchev–Trinajstić information content (AvgIpc) is 2.98. The van der Waals surface area contributed by atoms with Crippen molar-refractivity contribution in [1.29, 1.82) is 0 Å². The second-order valence-electron chi connectivity index (χ2n) is 10.8. The lowest BCUT2D eigenvalue weighted by Crippen LogP contribution is -2.54. The van der Waals surface area contributed by atoms with E-state index in [1.54, 1.807) is 18.2 Å². The van der Waals surface area contributed by atoms with Gasteiger partial charge < -0.3 is 25.3 Å².